The van der Waals surface area contributed by atoms with E-state index in [1.54, 1.807) is 0 Å². The summed E-state index contributed by atoms with van der Waals surface area (Å²) in [4.78, 5) is 2.43. The lowest BCUT2D eigenvalue weighted by molar-refractivity contribution is -1.92. The molecule has 0 aliphatic carbocycles. The van der Waals surface area contributed by atoms with Gasteiger partial charge in [-0.1, -0.05) is 66.7 Å². The minimum absolute atomic E-state index is 0.0224. The lowest BCUT2D eigenvalue weighted by atomic mass is 9.71. The Balaban J connectivity index is 0.000000431. The Morgan fingerprint density at radius 1 is 1.00 bits per heavy atom. The van der Waals surface area contributed by atoms with Crippen molar-refractivity contribution in [3.8, 4) is 0 Å². The van der Waals surface area contributed by atoms with E-state index in [2.05, 4.69) is 92.5 Å². The van der Waals surface area contributed by atoms with Crippen LogP contribution in [-0.4, -0.2) is 22.6 Å². The van der Waals surface area contributed by atoms with Crippen LogP contribution in [0.5, 0.6) is 0 Å². The molecule has 1 atom stereocenters. The smallest absolute Gasteiger partial charge is 0.0777 e. The lowest BCUT2D eigenvalue weighted by Crippen LogP contribution is -2.58. The Bertz CT molecular complexity index is 683. The Hall–Kier alpha value is -1.89. The Labute approximate surface area is 156 Å². The molecule has 0 saturated carbocycles. The number of benzene rings is 2. The van der Waals surface area contributed by atoms with Crippen LogP contribution in [0, 0.1) is 10.2 Å². The summed E-state index contributed by atoms with van der Waals surface area (Å²) in [7, 11) is -2.48. The summed E-state index contributed by atoms with van der Waals surface area (Å²) < 4.78 is 32.7. The van der Waals surface area contributed by atoms with Crippen molar-refractivity contribution in [3.05, 3.63) is 83.6 Å². The highest BCUT2D eigenvalue weighted by Crippen LogP contribution is 2.49. The molecule has 1 aliphatic heterocycles. The van der Waals surface area contributed by atoms with E-state index in [1.165, 1.54) is 16.8 Å². The highest BCUT2D eigenvalue weighted by atomic mass is 35.7. The average molecular weight is 378 g/mol. The maximum Gasteiger partial charge on any atom is 0.0777 e. The molecule has 3 rings (SSSR count). The van der Waals surface area contributed by atoms with Crippen LogP contribution in [0.4, 0.5) is 0 Å². The molecule has 0 aromatic heterocycles. The predicted octanol–water partition coefficient (Wildman–Crippen LogP) is 0.476. The van der Waals surface area contributed by atoms with Crippen molar-refractivity contribution in [2.45, 2.75) is 31.7 Å². The van der Waals surface area contributed by atoms with Gasteiger partial charge in [0.05, 0.1) is 20.3 Å². The van der Waals surface area contributed by atoms with Gasteiger partial charge in [-0.25, -0.2) is 0 Å². The fourth-order valence-corrected chi connectivity index (χ4v) is 3.82. The maximum atomic E-state index is 8.60. The number of halogens is 1. The van der Waals surface area contributed by atoms with E-state index in [1.807, 2.05) is 0 Å². The van der Waals surface area contributed by atoms with Gasteiger partial charge in [-0.2, -0.15) is 14.0 Å². The predicted molar refractivity (Wildman–Crippen MR) is 91.5 cm³/mol. The van der Waals surface area contributed by atoms with Crippen molar-refractivity contribution in [3.63, 3.8) is 0 Å². The number of rotatable bonds is 2. The average Bonchev–Trinajstić information content (AvgIpc) is 2.87. The summed E-state index contributed by atoms with van der Waals surface area (Å²) in [6.45, 7) is 4.47. The number of likely N-dealkylation sites (tertiary alicyclic amines) is 1. The van der Waals surface area contributed by atoms with E-state index >= 15 is 0 Å². The van der Waals surface area contributed by atoms with Gasteiger partial charge in [0, 0.05) is 18.8 Å². The Morgan fingerprint density at radius 2 is 1.38 bits per heavy atom. The van der Waals surface area contributed by atoms with Crippen LogP contribution in [-0.2, 0) is 5.41 Å². The minimum Gasteiger partial charge on any atom is -0.374 e. The van der Waals surface area contributed by atoms with E-state index in [0.717, 1.165) is 6.42 Å². The standard InChI is InChI=1S/C20H23N.ClHO4/c1-4-19-20(15-16(2)21(19)3,17-11-7-5-8-12-17)18-13-9-6-10-14-18;2-1(3,4)5/h4-14,16H,15H2,1-3H3;(H,2,3,4,5)/b19-4-;. The summed E-state index contributed by atoms with van der Waals surface area (Å²) in [5.41, 5.74) is 4.17. The first-order valence-electron chi connectivity index (χ1n) is 8.34. The molecule has 140 valence electrons. The van der Waals surface area contributed by atoms with Crippen molar-refractivity contribution in [2.75, 3.05) is 7.05 Å². The fourth-order valence-electron chi connectivity index (χ4n) is 3.82. The third kappa shape index (κ3) is 4.44. The second kappa shape index (κ2) is 8.20. The molecule has 1 unspecified atom stereocenters. The summed E-state index contributed by atoms with van der Waals surface area (Å²) >= 11 is 0. The molecule has 26 heavy (non-hydrogen) atoms. The van der Waals surface area contributed by atoms with Crippen molar-refractivity contribution in [1.29, 1.82) is 0 Å². The van der Waals surface area contributed by atoms with Crippen molar-refractivity contribution in [1.82, 2.24) is 4.90 Å². The van der Waals surface area contributed by atoms with Gasteiger partial charge in [-0.05, 0) is 31.4 Å². The number of nitrogens with zero attached hydrogens (tertiary/aromatic N) is 1. The van der Waals surface area contributed by atoms with Gasteiger partial charge in [0.25, 0.3) is 0 Å². The largest absolute Gasteiger partial charge is 0.374 e. The molecule has 2 aromatic carbocycles. The molecular weight excluding hydrogens is 354 g/mol. The van der Waals surface area contributed by atoms with E-state index in [-0.39, 0.29) is 5.41 Å². The minimum atomic E-state index is -4.69. The van der Waals surface area contributed by atoms with Gasteiger partial charge < -0.3 is 4.90 Å². The summed E-state index contributed by atoms with van der Waals surface area (Å²) in [6.07, 6.45) is 3.40. The van der Waals surface area contributed by atoms with Gasteiger partial charge in [0.1, 0.15) is 0 Å². The quantitative estimate of drug-likeness (QED) is 0.821. The summed E-state index contributed by atoms with van der Waals surface area (Å²) in [6, 6.07) is 22.4. The molecule has 0 amide bonds. The SMILES string of the molecule is C/C=C1\N(C)C(C)CC1(c1ccccc1)c1ccccc1.[O-][Cl+3]([O-])([O-])O. The highest BCUT2D eigenvalue weighted by Gasteiger charge is 2.47. The molecule has 0 radical (unpaired) electrons. The second-order valence-corrected chi connectivity index (χ2v) is 7.16. The zero-order valence-electron chi connectivity index (χ0n) is 15.1. The van der Waals surface area contributed by atoms with Crippen LogP contribution in [0.1, 0.15) is 31.4 Å². The van der Waals surface area contributed by atoms with Crippen molar-refractivity contribution in [2.24, 2.45) is 0 Å². The Morgan fingerprint density at radius 3 is 1.73 bits per heavy atom. The molecule has 6 heteroatoms. The number of allylic oxidation sites excluding steroid dienone is 2. The van der Waals surface area contributed by atoms with Gasteiger partial charge in [0.15, 0.2) is 0 Å². The van der Waals surface area contributed by atoms with Crippen LogP contribution in [0.25, 0.3) is 0 Å². The first kappa shape index (κ1) is 20.4. The molecule has 1 saturated heterocycles. The lowest BCUT2D eigenvalue weighted by Gasteiger charge is -2.33. The first-order valence-corrected chi connectivity index (χ1v) is 9.60. The van der Waals surface area contributed by atoms with Gasteiger partial charge >= 0.3 is 0 Å². The number of likely N-dealkylation sites (N-methyl/N-ethyl adjacent to an activating group) is 1. The first-order chi connectivity index (χ1) is 12.2. The van der Waals surface area contributed by atoms with Gasteiger partial charge in [0.2, 0.25) is 0 Å². The fraction of sp³-hybridized carbons (Fsp3) is 0.300. The molecule has 0 bridgehead atoms. The molecule has 1 aliphatic rings. The second-order valence-electron chi connectivity index (χ2n) is 6.37. The third-order valence-corrected chi connectivity index (χ3v) is 4.89. The van der Waals surface area contributed by atoms with Crippen LogP contribution in [0.15, 0.2) is 72.4 Å². The summed E-state index contributed by atoms with van der Waals surface area (Å²) in [5, 5.41) is 0. The van der Waals surface area contributed by atoms with E-state index < -0.39 is 10.2 Å². The van der Waals surface area contributed by atoms with E-state index in [0.29, 0.717) is 6.04 Å². The maximum absolute atomic E-state index is 8.60. The van der Waals surface area contributed by atoms with Crippen LogP contribution in [0.2, 0.25) is 0 Å². The van der Waals surface area contributed by atoms with Gasteiger partial charge in [-0.15, -0.1) is 0 Å². The molecule has 2 aromatic rings. The topological polar surface area (TPSA) is 92.7 Å². The molecule has 0 spiro atoms. The highest BCUT2D eigenvalue weighted by molar-refractivity contribution is 5.50. The summed E-state index contributed by atoms with van der Waals surface area (Å²) in [5.74, 6) is 0. The van der Waals surface area contributed by atoms with Crippen molar-refractivity contribution < 1.29 is 28.9 Å². The van der Waals surface area contributed by atoms with Crippen LogP contribution < -0.4 is 14.0 Å². The molecular formula is C20H24ClNO4. The zero-order valence-corrected chi connectivity index (χ0v) is 15.9. The number of hydrogen-bond donors (Lipinski definition) is 1. The normalized spacial score (nSPS) is 20.7. The molecule has 5 nitrogen and oxygen atoms in total. The molecule has 1 N–H and O–H groups in total. The monoisotopic (exact) mass is 377 g/mol. The third-order valence-electron chi connectivity index (χ3n) is 4.89. The van der Waals surface area contributed by atoms with Crippen LogP contribution >= 0.6 is 0 Å². The number of hydrogen-bond acceptors (Lipinski definition) is 5. The van der Waals surface area contributed by atoms with E-state index in [4.69, 9.17) is 18.6 Å². The van der Waals surface area contributed by atoms with Gasteiger partial charge in [-0.3, -0.25) is 0 Å². The van der Waals surface area contributed by atoms with Crippen LogP contribution in [0.3, 0.4) is 0 Å². The van der Waals surface area contributed by atoms with E-state index in [9.17, 15) is 0 Å². The zero-order chi connectivity index (χ0) is 19.4. The van der Waals surface area contributed by atoms with Crippen molar-refractivity contribution >= 4 is 0 Å². The molecule has 1 fully saturated rings. The Kier molecular flexibility index (Phi) is 6.44. The molecule has 1 heterocycles.